The third-order valence-corrected chi connectivity index (χ3v) is 4.47. The van der Waals surface area contributed by atoms with Gasteiger partial charge in [0.15, 0.2) is 0 Å². The molecule has 0 radical (unpaired) electrons. The van der Waals surface area contributed by atoms with Crippen molar-refractivity contribution in [2.24, 2.45) is 11.8 Å². The summed E-state index contributed by atoms with van der Waals surface area (Å²) >= 11 is 5.96. The highest BCUT2D eigenvalue weighted by Gasteiger charge is 2.48. The van der Waals surface area contributed by atoms with E-state index in [-0.39, 0.29) is 30.1 Å². The van der Waals surface area contributed by atoms with Gasteiger partial charge in [-0.2, -0.15) is 0 Å². The third-order valence-electron chi connectivity index (χ3n) is 4.16. The van der Waals surface area contributed by atoms with Gasteiger partial charge in [0, 0.05) is 22.9 Å². The summed E-state index contributed by atoms with van der Waals surface area (Å²) in [5.74, 6) is -1.22. The Kier molecular flexibility index (Phi) is 4.04. The molecule has 7 nitrogen and oxygen atoms in total. The van der Waals surface area contributed by atoms with Crippen molar-refractivity contribution < 1.29 is 14.5 Å². The van der Waals surface area contributed by atoms with Crippen LogP contribution in [0.4, 0.5) is 11.4 Å². The number of allylic oxidation sites excluding steroid dienone is 2. The number of nitrogens with zero attached hydrogens (tertiary/aromatic N) is 2. The van der Waals surface area contributed by atoms with Crippen molar-refractivity contribution in [1.29, 1.82) is 0 Å². The van der Waals surface area contributed by atoms with E-state index >= 15 is 0 Å². The van der Waals surface area contributed by atoms with E-state index in [0.717, 1.165) is 4.90 Å². The van der Waals surface area contributed by atoms with Crippen LogP contribution in [0.25, 0.3) is 0 Å². The number of carbonyl (C=O) groups excluding carboxylic acids is 2. The van der Waals surface area contributed by atoms with E-state index in [1.807, 2.05) is 0 Å². The molecular weight excluding hydrogens is 322 g/mol. The number of amides is 2. The summed E-state index contributed by atoms with van der Waals surface area (Å²) in [6.07, 6.45) is 2.65. The molecule has 0 bridgehead atoms. The van der Waals surface area contributed by atoms with E-state index in [1.165, 1.54) is 18.2 Å². The maximum Gasteiger partial charge on any atom is 0.271 e. The zero-order chi connectivity index (χ0) is 16.6. The normalized spacial score (nSPS) is 23.5. The van der Waals surface area contributed by atoms with E-state index in [9.17, 15) is 19.7 Å². The fourth-order valence-corrected chi connectivity index (χ4v) is 3.21. The number of hydrogen-bond donors (Lipinski definition) is 1. The third kappa shape index (κ3) is 2.92. The summed E-state index contributed by atoms with van der Waals surface area (Å²) in [7, 11) is 0. The van der Waals surface area contributed by atoms with Crippen LogP contribution in [0.5, 0.6) is 0 Å². The van der Waals surface area contributed by atoms with E-state index in [2.05, 4.69) is 5.32 Å². The van der Waals surface area contributed by atoms with E-state index in [1.54, 1.807) is 12.1 Å². The molecule has 23 heavy (non-hydrogen) atoms. The van der Waals surface area contributed by atoms with Crippen LogP contribution in [0, 0.1) is 22.0 Å². The summed E-state index contributed by atoms with van der Waals surface area (Å²) in [6, 6.07) is 5.91. The van der Waals surface area contributed by atoms with Crippen molar-refractivity contribution in [3.63, 3.8) is 0 Å². The molecule has 0 unspecified atom stereocenters. The number of nitro benzene ring substituents is 1. The molecule has 3 rings (SSSR count). The Morgan fingerprint density at radius 3 is 2.78 bits per heavy atom. The number of hydrogen-bond acceptors (Lipinski definition) is 5. The first kappa shape index (κ1) is 15.5. The van der Waals surface area contributed by atoms with Crippen molar-refractivity contribution in [3.8, 4) is 0 Å². The number of fused-ring (bicyclic) bond motifs is 1. The first-order chi connectivity index (χ1) is 11.0. The number of imide groups is 1. The fraction of sp³-hybridized carbons (Fsp3) is 0.333. The molecule has 2 amide bonds. The van der Waals surface area contributed by atoms with Gasteiger partial charge in [0.1, 0.15) is 0 Å². The zero-order valence-corrected chi connectivity index (χ0v) is 12.8. The van der Waals surface area contributed by atoms with Crippen molar-refractivity contribution in [2.75, 3.05) is 12.0 Å². The van der Waals surface area contributed by atoms with Gasteiger partial charge < -0.3 is 5.32 Å². The number of non-ortho nitro benzene ring substituents is 1. The van der Waals surface area contributed by atoms with Crippen molar-refractivity contribution in [3.05, 3.63) is 45.5 Å². The van der Waals surface area contributed by atoms with Gasteiger partial charge in [-0.3, -0.25) is 24.6 Å². The molecule has 2 aliphatic rings. The topological polar surface area (TPSA) is 92.6 Å². The van der Waals surface area contributed by atoms with Crippen LogP contribution in [-0.2, 0) is 9.59 Å². The number of nitro groups is 1. The van der Waals surface area contributed by atoms with E-state index < -0.39 is 10.8 Å². The number of benzene rings is 1. The second-order valence-corrected chi connectivity index (χ2v) is 6.04. The first-order valence-corrected chi connectivity index (χ1v) is 7.53. The van der Waals surface area contributed by atoms with Gasteiger partial charge in [-0.05, 0) is 18.9 Å². The van der Waals surface area contributed by atoms with Crippen LogP contribution in [-0.4, -0.2) is 28.3 Å². The largest absolute Gasteiger partial charge is 0.367 e. The Morgan fingerprint density at radius 2 is 2.04 bits per heavy atom. The Hall–Kier alpha value is -2.41. The Balaban J connectivity index is 1.69. The minimum atomic E-state index is -0.500. The molecular formula is C15H14ClN3O4. The Bertz CT molecular complexity index is 718. The quantitative estimate of drug-likeness (QED) is 0.518. The summed E-state index contributed by atoms with van der Waals surface area (Å²) in [4.78, 5) is 36.1. The number of likely N-dealkylation sites (tertiary alicyclic amines) is 1. The summed E-state index contributed by atoms with van der Waals surface area (Å²) in [5.41, 5.74) is 0.421. The molecule has 1 saturated heterocycles. The van der Waals surface area contributed by atoms with Crippen LogP contribution in [0.1, 0.15) is 12.8 Å². The SMILES string of the molecule is O=C1[C@H]2CC(Cl)=CC[C@H]2C(=O)N1CNc1cccc([N+](=O)[O-])c1. The predicted octanol–water partition coefficient (Wildman–Crippen LogP) is 2.48. The fourth-order valence-electron chi connectivity index (χ4n) is 2.95. The number of rotatable bonds is 4. The minimum Gasteiger partial charge on any atom is -0.367 e. The van der Waals surface area contributed by atoms with Crippen LogP contribution in [0.2, 0.25) is 0 Å². The zero-order valence-electron chi connectivity index (χ0n) is 12.1. The van der Waals surface area contributed by atoms with Gasteiger partial charge in [-0.25, -0.2) is 0 Å². The van der Waals surface area contributed by atoms with Crippen LogP contribution in [0.3, 0.4) is 0 Å². The Labute approximate surface area is 137 Å². The lowest BCUT2D eigenvalue weighted by Crippen LogP contribution is -2.35. The molecule has 8 heteroatoms. The molecule has 120 valence electrons. The van der Waals surface area contributed by atoms with Crippen LogP contribution in [0.15, 0.2) is 35.4 Å². The second-order valence-electron chi connectivity index (χ2n) is 5.55. The lowest BCUT2D eigenvalue weighted by atomic mass is 9.85. The molecule has 1 fully saturated rings. The molecule has 1 aromatic rings. The van der Waals surface area contributed by atoms with Gasteiger partial charge in [-0.15, -0.1) is 0 Å². The standard InChI is InChI=1S/C15H14ClN3O4/c16-9-4-5-12-13(6-9)15(21)18(14(12)20)8-17-10-2-1-3-11(7-10)19(22)23/h1-4,7,12-13,17H,5-6,8H2/t12-,13+/m1/s1. The number of nitrogens with one attached hydrogen (secondary N) is 1. The van der Waals surface area contributed by atoms with Gasteiger partial charge in [0.05, 0.1) is 23.4 Å². The first-order valence-electron chi connectivity index (χ1n) is 7.15. The summed E-state index contributed by atoms with van der Waals surface area (Å²) in [5, 5.41) is 14.3. The highest BCUT2D eigenvalue weighted by atomic mass is 35.5. The summed E-state index contributed by atoms with van der Waals surface area (Å²) < 4.78 is 0. The molecule has 1 heterocycles. The summed E-state index contributed by atoms with van der Waals surface area (Å²) in [6.45, 7) is -0.0105. The lowest BCUT2D eigenvalue weighted by Gasteiger charge is -2.17. The smallest absolute Gasteiger partial charge is 0.271 e. The highest BCUT2D eigenvalue weighted by molar-refractivity contribution is 6.30. The molecule has 2 atom stereocenters. The minimum absolute atomic E-state index is 0.0105. The molecule has 1 aromatic carbocycles. The van der Waals surface area contributed by atoms with Crippen LogP contribution >= 0.6 is 11.6 Å². The monoisotopic (exact) mass is 335 g/mol. The second kappa shape index (κ2) is 6.00. The van der Waals surface area contributed by atoms with Crippen molar-refractivity contribution in [1.82, 2.24) is 4.90 Å². The molecule has 0 aromatic heterocycles. The number of halogens is 1. The molecule has 0 spiro atoms. The van der Waals surface area contributed by atoms with Gasteiger partial charge in [-0.1, -0.05) is 23.7 Å². The predicted molar refractivity (Wildman–Crippen MR) is 83.6 cm³/mol. The average molecular weight is 336 g/mol. The molecule has 1 aliphatic heterocycles. The molecule has 1 N–H and O–H groups in total. The highest BCUT2D eigenvalue weighted by Crippen LogP contribution is 2.38. The number of anilines is 1. The van der Waals surface area contributed by atoms with Crippen molar-refractivity contribution in [2.45, 2.75) is 12.8 Å². The van der Waals surface area contributed by atoms with E-state index in [4.69, 9.17) is 11.6 Å². The average Bonchev–Trinajstić information content (AvgIpc) is 2.76. The maximum atomic E-state index is 12.4. The molecule has 0 saturated carbocycles. The van der Waals surface area contributed by atoms with Gasteiger partial charge in [0.2, 0.25) is 11.8 Å². The number of carbonyl (C=O) groups is 2. The molecule has 1 aliphatic carbocycles. The maximum absolute atomic E-state index is 12.4. The Morgan fingerprint density at radius 1 is 1.30 bits per heavy atom. The van der Waals surface area contributed by atoms with E-state index in [0.29, 0.717) is 23.6 Å². The van der Waals surface area contributed by atoms with Crippen LogP contribution < -0.4 is 5.32 Å². The van der Waals surface area contributed by atoms with Gasteiger partial charge in [0.25, 0.3) is 5.69 Å². The van der Waals surface area contributed by atoms with Gasteiger partial charge >= 0.3 is 0 Å². The lowest BCUT2D eigenvalue weighted by molar-refractivity contribution is -0.384. The van der Waals surface area contributed by atoms with Crippen molar-refractivity contribution >= 4 is 34.8 Å².